The Kier molecular flexibility index (Phi) is 10.1. The molecule has 1 amide bonds. The normalized spacial score (nSPS) is 12.3. The molecular formula is C24H32N7O7P. The molecule has 5 N–H and O–H groups in total. The number of aliphatic carboxylic acids is 1. The monoisotopic (exact) mass is 561 g/mol. The van der Waals surface area contributed by atoms with E-state index in [4.69, 9.17) is 14.8 Å². The van der Waals surface area contributed by atoms with Gasteiger partial charge in [-0.05, 0) is 51.0 Å². The lowest BCUT2D eigenvalue weighted by Gasteiger charge is -2.20. The van der Waals surface area contributed by atoms with Gasteiger partial charge in [0, 0.05) is 18.3 Å². The minimum atomic E-state index is -3.30. The highest BCUT2D eigenvalue weighted by atomic mass is 31.2. The van der Waals surface area contributed by atoms with Crippen molar-refractivity contribution in [3.8, 4) is 0 Å². The van der Waals surface area contributed by atoms with E-state index in [9.17, 15) is 24.1 Å². The van der Waals surface area contributed by atoms with Crippen LogP contribution >= 0.6 is 7.60 Å². The molecule has 0 saturated heterocycles. The van der Waals surface area contributed by atoms with E-state index in [0.29, 0.717) is 12.2 Å². The van der Waals surface area contributed by atoms with Gasteiger partial charge < -0.3 is 30.1 Å². The van der Waals surface area contributed by atoms with Gasteiger partial charge in [-0.1, -0.05) is 0 Å². The number of nitrogens with two attached hydrogens (primary N) is 1. The lowest BCUT2D eigenvalue weighted by Crippen LogP contribution is -2.40. The number of rotatable bonds is 14. The van der Waals surface area contributed by atoms with E-state index in [2.05, 4.69) is 25.3 Å². The van der Waals surface area contributed by atoms with Crippen LogP contribution < -0.4 is 21.5 Å². The summed E-state index contributed by atoms with van der Waals surface area (Å²) in [6.07, 6.45) is 1.84. The third-order valence-corrected chi connectivity index (χ3v) is 7.80. The summed E-state index contributed by atoms with van der Waals surface area (Å²) in [7, 11) is -1.50. The molecule has 3 rings (SSSR count). The fourth-order valence-corrected chi connectivity index (χ4v) is 5.49. The number of aromatic nitrogens is 4. The molecule has 2 aromatic heterocycles. The summed E-state index contributed by atoms with van der Waals surface area (Å²) in [4.78, 5) is 53.2. The number of carboxylic acids is 1. The number of carboxylic acid groups (broad SMARTS) is 1. The van der Waals surface area contributed by atoms with E-state index in [-0.39, 0.29) is 54.9 Å². The van der Waals surface area contributed by atoms with Crippen molar-refractivity contribution in [1.29, 1.82) is 0 Å². The second-order valence-electron chi connectivity index (χ2n) is 8.56. The molecule has 0 saturated carbocycles. The van der Waals surface area contributed by atoms with Gasteiger partial charge in [0.15, 0.2) is 11.2 Å². The van der Waals surface area contributed by atoms with Crippen molar-refractivity contribution in [2.75, 3.05) is 37.1 Å². The SMILES string of the molecule is CCOP(=O)(CCC[C@H](NC(=O)c1ccc(N(C)Cc2cnc3nc(N)[nH]c(=O)c3n2)cc1)C(=O)O)OCC. The lowest BCUT2D eigenvalue weighted by atomic mass is 10.1. The number of carbonyl (C=O) groups excluding carboxylic acids is 1. The first-order chi connectivity index (χ1) is 18.5. The van der Waals surface area contributed by atoms with Crippen LogP contribution in [0, 0.1) is 0 Å². The molecule has 14 nitrogen and oxygen atoms in total. The zero-order chi connectivity index (χ0) is 28.6. The van der Waals surface area contributed by atoms with Crippen molar-refractivity contribution in [3.63, 3.8) is 0 Å². The molecule has 0 fully saturated rings. The molecule has 0 radical (unpaired) electrons. The van der Waals surface area contributed by atoms with E-state index in [1.165, 1.54) is 6.20 Å². The number of hydrogen-bond donors (Lipinski definition) is 4. The Labute approximate surface area is 224 Å². The van der Waals surface area contributed by atoms with Crippen molar-refractivity contribution >= 4 is 42.3 Å². The van der Waals surface area contributed by atoms with Crippen molar-refractivity contribution in [3.05, 3.63) is 52.1 Å². The van der Waals surface area contributed by atoms with Crippen molar-refractivity contribution < 1.29 is 28.3 Å². The average molecular weight is 562 g/mol. The van der Waals surface area contributed by atoms with Crippen LogP contribution in [0.15, 0.2) is 35.3 Å². The van der Waals surface area contributed by atoms with Crippen LogP contribution in [0.2, 0.25) is 0 Å². The summed E-state index contributed by atoms with van der Waals surface area (Å²) >= 11 is 0. The standard InChI is InChI=1S/C24H32N7O7P/c1-4-37-39(36,38-5-2)12-6-7-18(23(34)35)28-21(32)15-8-10-17(11-9-15)31(3)14-16-13-26-20-19(27-16)22(33)30-24(25)29-20/h8-11,13,18H,4-7,12,14H2,1-3H3,(H,28,32)(H,34,35)(H3,25,26,29,30,33)/t18-/m0/s1. The van der Waals surface area contributed by atoms with Gasteiger partial charge in [0.2, 0.25) is 5.95 Å². The topological polar surface area (TPSA) is 203 Å². The van der Waals surface area contributed by atoms with Crippen LogP contribution in [0.25, 0.3) is 11.2 Å². The minimum Gasteiger partial charge on any atom is -0.480 e. The molecule has 1 atom stereocenters. The van der Waals surface area contributed by atoms with Crippen LogP contribution in [0.4, 0.5) is 11.6 Å². The molecule has 0 aliphatic heterocycles. The van der Waals surface area contributed by atoms with E-state index < -0.39 is 31.1 Å². The fraction of sp³-hybridized carbons (Fsp3) is 0.417. The summed E-state index contributed by atoms with van der Waals surface area (Å²) < 4.78 is 23.0. The number of nitrogens with one attached hydrogen (secondary N) is 2. The molecule has 0 bridgehead atoms. The number of amides is 1. The zero-order valence-electron chi connectivity index (χ0n) is 21.9. The number of benzene rings is 1. The van der Waals surface area contributed by atoms with Crippen molar-refractivity contribution in [2.24, 2.45) is 0 Å². The van der Waals surface area contributed by atoms with Crippen LogP contribution in [0.3, 0.4) is 0 Å². The second kappa shape index (κ2) is 13.3. The van der Waals surface area contributed by atoms with Gasteiger partial charge in [0.05, 0.1) is 37.8 Å². The number of carbonyl (C=O) groups is 2. The van der Waals surface area contributed by atoms with Gasteiger partial charge in [0.1, 0.15) is 6.04 Å². The Morgan fingerprint density at radius 1 is 1.18 bits per heavy atom. The van der Waals surface area contributed by atoms with Crippen molar-refractivity contribution in [1.82, 2.24) is 25.3 Å². The quantitative estimate of drug-likeness (QED) is 0.209. The highest BCUT2D eigenvalue weighted by molar-refractivity contribution is 7.53. The van der Waals surface area contributed by atoms with E-state index in [1.54, 1.807) is 45.2 Å². The van der Waals surface area contributed by atoms with Crippen LogP contribution in [-0.4, -0.2) is 69.4 Å². The maximum atomic E-state index is 12.7. The first-order valence-corrected chi connectivity index (χ1v) is 14.0. The summed E-state index contributed by atoms with van der Waals surface area (Å²) in [5.41, 5.74) is 6.81. The maximum Gasteiger partial charge on any atom is 0.330 e. The van der Waals surface area contributed by atoms with Crippen LogP contribution in [0.1, 0.15) is 42.7 Å². The Morgan fingerprint density at radius 2 is 1.85 bits per heavy atom. The second-order valence-corrected chi connectivity index (χ2v) is 10.7. The Morgan fingerprint density at radius 3 is 2.46 bits per heavy atom. The summed E-state index contributed by atoms with van der Waals surface area (Å²) in [5, 5.41) is 12.1. The predicted molar refractivity (Wildman–Crippen MR) is 145 cm³/mol. The van der Waals surface area contributed by atoms with Crippen LogP contribution in [-0.2, 0) is 25.0 Å². The van der Waals surface area contributed by atoms with Gasteiger partial charge in [0.25, 0.3) is 11.5 Å². The van der Waals surface area contributed by atoms with Gasteiger partial charge in [-0.15, -0.1) is 0 Å². The highest BCUT2D eigenvalue weighted by Crippen LogP contribution is 2.48. The molecule has 210 valence electrons. The molecule has 15 heteroatoms. The summed E-state index contributed by atoms with van der Waals surface area (Å²) in [6.45, 7) is 4.13. The van der Waals surface area contributed by atoms with Gasteiger partial charge in [-0.25, -0.2) is 14.8 Å². The van der Waals surface area contributed by atoms with E-state index in [0.717, 1.165) is 5.69 Å². The number of hydrogen-bond acceptors (Lipinski definition) is 11. The minimum absolute atomic E-state index is 0.0422. The van der Waals surface area contributed by atoms with Gasteiger partial charge in [-0.2, -0.15) is 4.98 Å². The molecular weight excluding hydrogens is 529 g/mol. The highest BCUT2D eigenvalue weighted by Gasteiger charge is 2.26. The molecule has 0 unspecified atom stereocenters. The zero-order valence-corrected chi connectivity index (χ0v) is 22.8. The fourth-order valence-electron chi connectivity index (χ4n) is 3.80. The Hall–Kier alpha value is -3.87. The molecule has 39 heavy (non-hydrogen) atoms. The summed E-state index contributed by atoms with van der Waals surface area (Å²) in [6, 6.07) is 5.38. The number of anilines is 2. The average Bonchev–Trinajstić information content (AvgIpc) is 2.88. The molecule has 0 aliphatic rings. The van der Waals surface area contributed by atoms with E-state index in [1.807, 2.05) is 4.90 Å². The number of nitrogen functional groups attached to an aromatic ring is 1. The van der Waals surface area contributed by atoms with Gasteiger partial charge >= 0.3 is 13.6 Å². The summed E-state index contributed by atoms with van der Waals surface area (Å²) in [5.74, 6) is -1.80. The Bertz CT molecular complexity index is 1400. The third kappa shape index (κ3) is 8.06. The molecule has 2 heterocycles. The first kappa shape index (κ1) is 29.7. The predicted octanol–water partition coefficient (Wildman–Crippen LogP) is 2.16. The lowest BCUT2D eigenvalue weighted by molar-refractivity contribution is -0.139. The molecule has 3 aromatic rings. The Balaban J connectivity index is 1.61. The number of aromatic amines is 1. The number of nitrogens with zero attached hydrogens (tertiary/aromatic N) is 4. The third-order valence-electron chi connectivity index (χ3n) is 5.64. The van der Waals surface area contributed by atoms with Crippen molar-refractivity contribution in [2.45, 2.75) is 39.3 Å². The number of H-pyrrole nitrogens is 1. The largest absolute Gasteiger partial charge is 0.480 e. The first-order valence-electron chi connectivity index (χ1n) is 12.3. The molecule has 0 aliphatic carbocycles. The maximum absolute atomic E-state index is 12.7. The van der Waals surface area contributed by atoms with Gasteiger partial charge in [-0.3, -0.25) is 19.1 Å². The number of fused-ring (bicyclic) bond motifs is 1. The molecule has 0 spiro atoms. The van der Waals surface area contributed by atoms with E-state index >= 15 is 0 Å². The molecule has 1 aromatic carbocycles. The smallest absolute Gasteiger partial charge is 0.330 e. The van der Waals surface area contributed by atoms with Crippen LogP contribution in [0.5, 0.6) is 0 Å².